The van der Waals surface area contributed by atoms with Gasteiger partial charge in [-0.15, -0.1) is 0 Å². The van der Waals surface area contributed by atoms with Crippen LogP contribution in [0.15, 0.2) is 47.1 Å². The van der Waals surface area contributed by atoms with Crippen LogP contribution in [-0.2, 0) is 20.7 Å². The summed E-state index contributed by atoms with van der Waals surface area (Å²) in [5.41, 5.74) is 1.40. The van der Waals surface area contributed by atoms with Crippen molar-refractivity contribution in [2.75, 3.05) is 7.11 Å². The van der Waals surface area contributed by atoms with Gasteiger partial charge in [0.15, 0.2) is 11.5 Å². The number of carbonyl (C=O) groups is 2. The summed E-state index contributed by atoms with van der Waals surface area (Å²) in [4.78, 5) is 22.4. The zero-order valence-electron chi connectivity index (χ0n) is 11.7. The monoisotopic (exact) mass is 304 g/mol. The summed E-state index contributed by atoms with van der Waals surface area (Å²) in [7, 11) is 1.07. The van der Waals surface area contributed by atoms with Gasteiger partial charge in [-0.05, 0) is 23.8 Å². The predicted octanol–water partition coefficient (Wildman–Crippen LogP) is 2.65. The molecule has 0 radical (unpaired) electrons. The van der Waals surface area contributed by atoms with Crippen LogP contribution < -0.4 is 0 Å². The third-order valence-electron chi connectivity index (χ3n) is 2.94. The molecule has 0 aliphatic heterocycles. The molecule has 0 unspecified atom stereocenters. The second kappa shape index (κ2) is 6.71. The number of ketones is 1. The van der Waals surface area contributed by atoms with E-state index in [9.17, 15) is 19.1 Å². The zero-order valence-corrected chi connectivity index (χ0v) is 11.7. The van der Waals surface area contributed by atoms with E-state index in [-0.39, 0.29) is 11.6 Å². The van der Waals surface area contributed by atoms with Crippen molar-refractivity contribution in [3.63, 3.8) is 0 Å². The van der Waals surface area contributed by atoms with Crippen LogP contribution in [0.25, 0.3) is 5.76 Å². The minimum atomic E-state index is -1.09. The number of furan rings is 1. The van der Waals surface area contributed by atoms with Crippen LogP contribution in [0.5, 0.6) is 0 Å². The topological polar surface area (TPSA) is 76.7 Å². The Morgan fingerprint density at radius 1 is 1.27 bits per heavy atom. The van der Waals surface area contributed by atoms with Crippen molar-refractivity contribution in [2.45, 2.75) is 6.42 Å². The first-order valence-electron chi connectivity index (χ1n) is 6.35. The number of hydrogen-bond acceptors (Lipinski definition) is 5. The molecule has 2 rings (SSSR count). The van der Waals surface area contributed by atoms with E-state index in [2.05, 4.69) is 4.74 Å². The van der Waals surface area contributed by atoms with Crippen LogP contribution in [0.4, 0.5) is 4.39 Å². The predicted molar refractivity (Wildman–Crippen MR) is 75.5 cm³/mol. The van der Waals surface area contributed by atoms with Gasteiger partial charge in [-0.1, -0.05) is 12.1 Å². The van der Waals surface area contributed by atoms with Gasteiger partial charge in [0.2, 0.25) is 0 Å². The van der Waals surface area contributed by atoms with Gasteiger partial charge in [-0.3, -0.25) is 4.79 Å². The highest BCUT2D eigenvalue weighted by Crippen LogP contribution is 2.22. The van der Waals surface area contributed by atoms with Crippen LogP contribution in [0, 0.1) is 5.82 Å². The minimum Gasteiger partial charge on any atom is -0.504 e. The van der Waals surface area contributed by atoms with Crippen LogP contribution >= 0.6 is 0 Å². The first kappa shape index (κ1) is 15.5. The average Bonchev–Trinajstić information content (AvgIpc) is 2.96. The lowest BCUT2D eigenvalue weighted by atomic mass is 10.0. The molecule has 0 bridgehead atoms. The van der Waals surface area contributed by atoms with E-state index in [1.54, 1.807) is 18.2 Å². The second-order valence-corrected chi connectivity index (χ2v) is 4.46. The molecule has 6 heteroatoms. The zero-order chi connectivity index (χ0) is 16.1. The molecule has 114 valence electrons. The Hall–Kier alpha value is -2.89. The van der Waals surface area contributed by atoms with Crippen LogP contribution in [-0.4, -0.2) is 24.0 Å². The molecule has 0 saturated heterocycles. The summed E-state index contributed by atoms with van der Waals surface area (Å²) in [6, 6.07) is 7.47. The lowest BCUT2D eigenvalue weighted by molar-refractivity contribution is -0.149. The number of aliphatic hydroxyl groups is 1. The van der Waals surface area contributed by atoms with Gasteiger partial charge in [0.05, 0.1) is 13.4 Å². The molecule has 2 aromatic rings. The quantitative estimate of drug-likeness (QED) is 0.398. The van der Waals surface area contributed by atoms with Gasteiger partial charge in [0.25, 0.3) is 5.78 Å². The molecule has 0 fully saturated rings. The van der Waals surface area contributed by atoms with Gasteiger partial charge in [0, 0.05) is 18.1 Å². The highest BCUT2D eigenvalue weighted by molar-refractivity contribution is 6.39. The molecule has 0 aliphatic carbocycles. The molecule has 1 N–H and O–H groups in total. The van der Waals surface area contributed by atoms with Gasteiger partial charge < -0.3 is 14.3 Å². The van der Waals surface area contributed by atoms with Crippen molar-refractivity contribution in [2.24, 2.45) is 0 Å². The summed E-state index contributed by atoms with van der Waals surface area (Å²) in [5, 5.41) is 9.91. The second-order valence-electron chi connectivity index (χ2n) is 4.46. The van der Waals surface area contributed by atoms with E-state index in [1.165, 1.54) is 18.4 Å². The summed E-state index contributed by atoms with van der Waals surface area (Å²) in [6.07, 6.45) is 2.45. The Morgan fingerprint density at radius 2 is 1.95 bits per heavy atom. The minimum absolute atomic E-state index is 0.0709. The molecular formula is C16H13FO5. The molecule has 0 spiro atoms. The van der Waals surface area contributed by atoms with Crippen LogP contribution in [0.3, 0.4) is 0 Å². The highest BCUT2D eigenvalue weighted by Gasteiger charge is 2.17. The van der Waals surface area contributed by atoms with Crippen molar-refractivity contribution < 1.29 is 28.2 Å². The number of ether oxygens (including phenoxy) is 1. The number of aliphatic hydroxyl groups excluding tert-OH is 1. The largest absolute Gasteiger partial charge is 0.504 e. The van der Waals surface area contributed by atoms with E-state index >= 15 is 0 Å². The molecule has 1 aromatic heterocycles. The van der Waals surface area contributed by atoms with E-state index in [0.717, 1.165) is 18.7 Å². The average molecular weight is 304 g/mol. The lowest BCUT2D eigenvalue weighted by Gasteiger charge is -2.03. The van der Waals surface area contributed by atoms with Crippen molar-refractivity contribution in [3.05, 3.63) is 65.4 Å². The maximum absolute atomic E-state index is 12.9. The fourth-order valence-corrected chi connectivity index (χ4v) is 1.87. The van der Waals surface area contributed by atoms with Crippen molar-refractivity contribution >= 4 is 17.5 Å². The number of carbonyl (C=O) groups excluding carboxylic acids is 2. The van der Waals surface area contributed by atoms with E-state index < -0.39 is 17.5 Å². The Morgan fingerprint density at radius 3 is 2.59 bits per heavy atom. The Kier molecular flexibility index (Phi) is 4.73. The summed E-state index contributed by atoms with van der Waals surface area (Å²) in [5.74, 6) is -2.83. The number of halogens is 1. The number of benzene rings is 1. The molecule has 0 amide bonds. The number of esters is 1. The molecule has 5 nitrogen and oxygen atoms in total. The first-order valence-corrected chi connectivity index (χ1v) is 6.35. The van der Waals surface area contributed by atoms with Crippen molar-refractivity contribution in [1.82, 2.24) is 0 Å². The molecular weight excluding hydrogens is 291 g/mol. The Balaban J connectivity index is 2.22. The molecule has 0 aliphatic rings. The number of methoxy groups -OCH3 is 1. The third-order valence-corrected chi connectivity index (χ3v) is 2.94. The van der Waals surface area contributed by atoms with Gasteiger partial charge in [0.1, 0.15) is 5.82 Å². The van der Waals surface area contributed by atoms with Gasteiger partial charge in [-0.25, -0.2) is 9.18 Å². The van der Waals surface area contributed by atoms with Crippen molar-refractivity contribution in [1.29, 1.82) is 0 Å². The van der Waals surface area contributed by atoms with E-state index in [0.29, 0.717) is 12.0 Å². The maximum atomic E-state index is 12.9. The molecule has 22 heavy (non-hydrogen) atoms. The maximum Gasteiger partial charge on any atom is 0.378 e. The molecule has 1 heterocycles. The van der Waals surface area contributed by atoms with E-state index in [4.69, 9.17) is 4.42 Å². The highest BCUT2D eigenvalue weighted by atomic mass is 19.1. The summed E-state index contributed by atoms with van der Waals surface area (Å²) < 4.78 is 22.3. The first-order chi connectivity index (χ1) is 10.5. The molecule has 1 aromatic carbocycles. The Labute approximate surface area is 125 Å². The molecule has 0 atom stereocenters. The van der Waals surface area contributed by atoms with E-state index in [1.807, 2.05) is 0 Å². The Bertz CT molecular complexity index is 712. The number of rotatable bonds is 5. The van der Waals surface area contributed by atoms with Crippen molar-refractivity contribution in [3.8, 4) is 0 Å². The normalized spacial score (nSPS) is 11.3. The van der Waals surface area contributed by atoms with Gasteiger partial charge in [-0.2, -0.15) is 0 Å². The van der Waals surface area contributed by atoms with Gasteiger partial charge >= 0.3 is 5.97 Å². The fourth-order valence-electron chi connectivity index (χ4n) is 1.87. The number of hydrogen-bond donors (Lipinski definition) is 1. The standard InChI is InChI=1S/C16H13FO5/c1-21-16(20)14(19)9-13(18)15-11(6-7-22-15)8-10-2-4-12(17)5-3-10/h2-7,9,18H,8H2,1H3/b13-9-. The fraction of sp³-hybridized carbons (Fsp3) is 0.125. The lowest BCUT2D eigenvalue weighted by Crippen LogP contribution is -2.13. The SMILES string of the molecule is COC(=O)C(=O)/C=C(\O)c1occc1Cc1ccc(F)cc1. The summed E-state index contributed by atoms with van der Waals surface area (Å²) >= 11 is 0. The molecule has 0 saturated carbocycles. The third kappa shape index (κ3) is 3.60. The van der Waals surface area contributed by atoms with Crippen LogP contribution in [0.1, 0.15) is 16.9 Å². The van der Waals surface area contributed by atoms with Crippen LogP contribution in [0.2, 0.25) is 0 Å². The smallest absolute Gasteiger partial charge is 0.378 e. The summed E-state index contributed by atoms with van der Waals surface area (Å²) in [6.45, 7) is 0.